The van der Waals surface area contributed by atoms with Gasteiger partial charge in [-0.2, -0.15) is 0 Å². The zero-order valence-corrected chi connectivity index (χ0v) is 46.7. The fourth-order valence-corrected chi connectivity index (χ4v) is 7.86. The predicted molar refractivity (Wildman–Crippen MR) is 298 cm³/mol. The molecule has 0 aliphatic carbocycles. The molecule has 0 radical (unpaired) electrons. The Morgan fingerprint density at radius 3 is 1.28 bits per heavy atom. The van der Waals surface area contributed by atoms with Gasteiger partial charge in [0.25, 0.3) is 0 Å². The number of unbranched alkanes of at least 4 members (excludes halogenated alkanes) is 14. The topological polar surface area (TPSA) is 390 Å². The zero-order chi connectivity index (χ0) is 58.9. The highest BCUT2D eigenvalue weighted by Gasteiger charge is 2.28. The highest BCUT2D eigenvalue weighted by molar-refractivity contribution is 5.93. The van der Waals surface area contributed by atoms with Crippen molar-refractivity contribution in [2.75, 3.05) is 79.5 Å². The molecule has 0 rings (SSSR count). The van der Waals surface area contributed by atoms with Crippen LogP contribution in [0, 0.1) is 0 Å². The summed E-state index contributed by atoms with van der Waals surface area (Å²) in [7, 11) is 1.67. The maximum atomic E-state index is 13.2. The Morgan fingerprint density at radius 1 is 0.367 bits per heavy atom. The summed E-state index contributed by atoms with van der Waals surface area (Å²) < 4.78 is 21.3. The molecule has 464 valence electrons. The van der Waals surface area contributed by atoms with Crippen molar-refractivity contribution in [1.29, 1.82) is 0 Å². The van der Waals surface area contributed by atoms with E-state index in [1.54, 1.807) is 7.05 Å². The number of hydrogen-bond donors (Lipinski definition) is 11. The van der Waals surface area contributed by atoms with Crippen molar-refractivity contribution < 1.29 is 99.2 Å². The van der Waals surface area contributed by atoms with Gasteiger partial charge in [-0.05, 0) is 65.3 Å². The zero-order valence-electron chi connectivity index (χ0n) is 46.7. The third-order valence-electron chi connectivity index (χ3n) is 12.3. The lowest BCUT2D eigenvalue weighted by atomic mass is 10.0. The monoisotopic (exact) mass is 1140 g/mol. The number of carbonyl (C=O) groups excluding carboxylic acids is 7. The number of likely N-dealkylation sites (N-methyl/N-ethyl adjacent to an activating group) is 1. The van der Waals surface area contributed by atoms with Crippen LogP contribution >= 0.6 is 0 Å². The Morgan fingerprint density at radius 2 is 0.797 bits per heavy atom. The minimum atomic E-state index is -1.39. The first kappa shape index (κ1) is 73.2. The summed E-state index contributed by atoms with van der Waals surface area (Å²) in [5.74, 6) is -7.94. The van der Waals surface area contributed by atoms with Gasteiger partial charge in [0, 0.05) is 58.9 Å². The SMILES string of the molecule is CN[C@@H](CCCCNC(=O)[C@H](CCC(=O)O)NC(=O)[C@H](CCC(=O)O)NC(=O)COCCOCCNC(=O)COCCOCCNC(=O)CC[C@H](NC(=O)CCCCCCCCCCCCCCCCC(=O)O)C(=O)O)C(C)=O.[HH].[HH].[HH].[HH].[HH]. The van der Waals surface area contributed by atoms with Gasteiger partial charge in [-0.1, -0.05) is 77.0 Å². The van der Waals surface area contributed by atoms with Crippen molar-refractivity contribution in [2.24, 2.45) is 0 Å². The molecular formula is C53H103N7O19. The molecule has 26 heteroatoms. The maximum Gasteiger partial charge on any atom is 0.326 e. The van der Waals surface area contributed by atoms with E-state index >= 15 is 0 Å². The van der Waals surface area contributed by atoms with Gasteiger partial charge in [0.05, 0.1) is 45.7 Å². The van der Waals surface area contributed by atoms with Gasteiger partial charge in [0.1, 0.15) is 37.1 Å². The molecule has 0 fully saturated rings. The molecule has 0 aromatic heterocycles. The number of carboxylic acids is 4. The lowest BCUT2D eigenvalue weighted by Gasteiger charge is -2.23. The molecule has 4 atom stereocenters. The molecule has 0 spiro atoms. The van der Waals surface area contributed by atoms with Crippen molar-refractivity contribution in [3.63, 3.8) is 0 Å². The second-order valence-electron chi connectivity index (χ2n) is 19.2. The molecule has 0 aromatic carbocycles. The van der Waals surface area contributed by atoms with Gasteiger partial charge in [0.2, 0.25) is 35.4 Å². The minimum absolute atomic E-state index is 0. The molecule has 0 bridgehead atoms. The summed E-state index contributed by atoms with van der Waals surface area (Å²) in [6.07, 6.45) is 15.1. The van der Waals surface area contributed by atoms with E-state index in [9.17, 15) is 68.1 Å². The van der Waals surface area contributed by atoms with E-state index in [-0.39, 0.29) is 129 Å². The van der Waals surface area contributed by atoms with Crippen LogP contribution in [0.25, 0.3) is 0 Å². The van der Waals surface area contributed by atoms with Crippen molar-refractivity contribution in [3.05, 3.63) is 0 Å². The number of nitrogens with one attached hydrogen (secondary N) is 7. The number of ketones is 1. The molecule has 0 heterocycles. The van der Waals surface area contributed by atoms with E-state index in [1.165, 1.54) is 39.0 Å². The second-order valence-corrected chi connectivity index (χ2v) is 19.2. The first-order chi connectivity index (χ1) is 37.9. The van der Waals surface area contributed by atoms with E-state index < -0.39 is 91.0 Å². The molecule has 0 saturated carbocycles. The smallest absolute Gasteiger partial charge is 0.326 e. The molecule has 0 unspecified atom stereocenters. The quantitative estimate of drug-likeness (QED) is 0.0389. The van der Waals surface area contributed by atoms with Crippen LogP contribution in [0.2, 0.25) is 0 Å². The Labute approximate surface area is 471 Å². The summed E-state index contributed by atoms with van der Waals surface area (Å²) in [5.41, 5.74) is 0. The fraction of sp³-hybridized carbons (Fsp3) is 0.792. The number of Topliss-reactive ketones (excluding diaryl/α,β-unsaturated/α-hetero) is 1. The van der Waals surface area contributed by atoms with E-state index in [2.05, 4.69) is 37.2 Å². The summed E-state index contributed by atoms with van der Waals surface area (Å²) in [6, 6.07) is -4.19. The molecule has 79 heavy (non-hydrogen) atoms. The van der Waals surface area contributed by atoms with Crippen LogP contribution in [0.1, 0.15) is 175 Å². The van der Waals surface area contributed by atoms with E-state index in [0.29, 0.717) is 25.7 Å². The van der Waals surface area contributed by atoms with Gasteiger partial charge in [-0.15, -0.1) is 0 Å². The number of amides is 6. The molecule has 0 aliphatic rings. The third-order valence-corrected chi connectivity index (χ3v) is 12.3. The number of carboxylic acid groups (broad SMARTS) is 4. The summed E-state index contributed by atoms with van der Waals surface area (Å²) in [5, 5.41) is 54.7. The highest BCUT2D eigenvalue weighted by atomic mass is 16.5. The summed E-state index contributed by atoms with van der Waals surface area (Å²) >= 11 is 0. The molecular weight excluding hydrogens is 1040 g/mol. The molecule has 0 aliphatic heterocycles. The van der Waals surface area contributed by atoms with E-state index in [0.717, 1.165) is 51.4 Å². The summed E-state index contributed by atoms with van der Waals surface area (Å²) in [4.78, 5) is 132. The maximum absolute atomic E-state index is 13.2. The number of hydrogen-bond acceptors (Lipinski definition) is 16. The number of rotatable bonds is 55. The lowest BCUT2D eigenvalue weighted by Crippen LogP contribution is -2.54. The standard InChI is InChI=1S/C53H93N7O19.5H2/c1-39(61)40(54-2)19-17-18-28-57-51(72)41(23-26-49(68)69)60-52(73)42(24-27-50(70)71)58-47(65)38-79-36-34-77-32-30-56-46(64)37-78-35-33-76-31-29-55-44(62)25-22-43(53(74)75)59-45(63)20-15-13-11-9-7-5-3-4-6-8-10-12-14-16-21-48(66)67;;;;;/h40-43,54H,3-38H2,1-2H3,(H,55,62)(H,56,64)(H,57,72)(H,58,65)(H,59,63)(H,60,73)(H,66,67)(H,68,69)(H,70,71)(H,74,75);5*1H/t40-,41-,42-,43-;;;;;/m0...../s1. The molecule has 0 aromatic rings. The van der Waals surface area contributed by atoms with Gasteiger partial charge >= 0.3 is 23.9 Å². The van der Waals surface area contributed by atoms with Crippen LogP contribution in [0.4, 0.5) is 0 Å². The lowest BCUT2D eigenvalue weighted by molar-refractivity contribution is -0.142. The molecule has 6 amide bonds. The van der Waals surface area contributed by atoms with Crippen LogP contribution in [-0.4, -0.2) is 189 Å². The van der Waals surface area contributed by atoms with Crippen LogP contribution in [0.3, 0.4) is 0 Å². The highest BCUT2D eigenvalue weighted by Crippen LogP contribution is 2.14. The summed E-state index contributed by atoms with van der Waals surface area (Å²) in [6.45, 7) is 1.58. The van der Waals surface area contributed by atoms with E-state index in [1.807, 2.05) is 0 Å². The molecule has 11 N–H and O–H groups in total. The van der Waals surface area contributed by atoms with Gasteiger partial charge in [0.15, 0.2) is 0 Å². The van der Waals surface area contributed by atoms with E-state index in [4.69, 9.17) is 24.1 Å². The van der Waals surface area contributed by atoms with Crippen molar-refractivity contribution in [1.82, 2.24) is 37.2 Å². The molecule has 0 saturated heterocycles. The minimum Gasteiger partial charge on any atom is -0.481 e. The van der Waals surface area contributed by atoms with Crippen LogP contribution < -0.4 is 37.2 Å². The Bertz CT molecular complexity index is 1820. The first-order valence-corrected chi connectivity index (χ1v) is 27.9. The Kier molecular flexibility index (Phi) is 45.6. The predicted octanol–water partition coefficient (Wildman–Crippen LogP) is 3.35. The van der Waals surface area contributed by atoms with Crippen LogP contribution in [-0.2, 0) is 71.7 Å². The number of ether oxygens (including phenoxy) is 4. The Balaban J connectivity index is -0.00000304. The Hall–Kier alpha value is -5.83. The fourth-order valence-electron chi connectivity index (χ4n) is 7.86. The first-order valence-electron chi connectivity index (χ1n) is 27.9. The average Bonchev–Trinajstić information content (AvgIpc) is 3.39. The molecule has 26 nitrogen and oxygen atoms in total. The van der Waals surface area contributed by atoms with Gasteiger partial charge in [-0.3, -0.25) is 47.9 Å². The second kappa shape index (κ2) is 49.2. The van der Waals surface area contributed by atoms with Crippen molar-refractivity contribution >= 4 is 65.1 Å². The van der Waals surface area contributed by atoms with Crippen molar-refractivity contribution in [3.8, 4) is 0 Å². The average molecular weight is 1140 g/mol. The van der Waals surface area contributed by atoms with Gasteiger partial charge in [-0.25, -0.2) is 4.79 Å². The third kappa shape index (κ3) is 45.7. The van der Waals surface area contributed by atoms with Gasteiger partial charge < -0.3 is 76.6 Å². The number of carbonyl (C=O) groups is 11. The van der Waals surface area contributed by atoms with Crippen molar-refractivity contribution in [2.45, 2.75) is 192 Å². The van der Waals surface area contributed by atoms with Crippen LogP contribution in [0.5, 0.6) is 0 Å². The number of aliphatic carboxylic acids is 4. The largest absolute Gasteiger partial charge is 0.481 e. The normalized spacial score (nSPS) is 12.5. The van der Waals surface area contributed by atoms with Crippen LogP contribution in [0.15, 0.2) is 0 Å².